The summed E-state index contributed by atoms with van der Waals surface area (Å²) in [7, 11) is 3.12. The second-order valence-electron chi connectivity index (χ2n) is 8.14. The summed E-state index contributed by atoms with van der Waals surface area (Å²) in [6, 6.07) is 13.5. The number of ether oxygens (including phenoxy) is 1. The average Bonchev–Trinajstić information content (AvgIpc) is 3.49. The lowest BCUT2D eigenvalue weighted by atomic mass is 9.73. The van der Waals surface area contributed by atoms with Crippen LogP contribution in [0.5, 0.6) is 0 Å². The quantitative estimate of drug-likeness (QED) is 0.645. The van der Waals surface area contributed by atoms with Gasteiger partial charge in [0, 0.05) is 36.6 Å². The van der Waals surface area contributed by atoms with Crippen molar-refractivity contribution in [3.63, 3.8) is 0 Å². The summed E-state index contributed by atoms with van der Waals surface area (Å²) in [5.41, 5.74) is 2.40. The Hall–Kier alpha value is -3.94. The summed E-state index contributed by atoms with van der Waals surface area (Å²) in [4.78, 5) is 40.5. The predicted molar refractivity (Wildman–Crippen MR) is 116 cm³/mol. The first-order valence-electron chi connectivity index (χ1n) is 10.3. The van der Waals surface area contributed by atoms with E-state index >= 15 is 0 Å². The number of fused-ring (bicyclic) bond motifs is 2. The summed E-state index contributed by atoms with van der Waals surface area (Å²) in [6.45, 7) is 0.416. The van der Waals surface area contributed by atoms with E-state index < -0.39 is 17.4 Å². The first-order valence-corrected chi connectivity index (χ1v) is 10.3. The molecule has 1 fully saturated rings. The molecule has 1 spiro atoms. The highest BCUT2D eigenvalue weighted by molar-refractivity contribution is 6.08. The molecule has 2 amide bonds. The molecule has 3 aromatic rings. The number of esters is 1. The Morgan fingerprint density at radius 3 is 2.53 bits per heavy atom. The third kappa shape index (κ3) is 2.83. The van der Waals surface area contributed by atoms with E-state index in [2.05, 4.69) is 10.4 Å². The van der Waals surface area contributed by atoms with Crippen molar-refractivity contribution in [3.8, 4) is 0 Å². The van der Waals surface area contributed by atoms with Gasteiger partial charge in [0.15, 0.2) is 0 Å². The van der Waals surface area contributed by atoms with Crippen LogP contribution in [0.3, 0.4) is 0 Å². The lowest BCUT2D eigenvalue weighted by molar-refractivity contribution is -0.121. The van der Waals surface area contributed by atoms with Gasteiger partial charge < -0.3 is 15.0 Å². The molecule has 3 heterocycles. The molecule has 8 heteroatoms. The number of likely N-dealkylation sites (tertiary alicyclic amines) is 1. The van der Waals surface area contributed by atoms with Crippen molar-refractivity contribution < 1.29 is 19.1 Å². The number of para-hydroxylation sites is 1. The standard InChI is InChI=1S/C24H22N4O4/c1-27-14-17(13-25-27)20-24(18-5-3-4-6-19(18)26-23(24)31)11-12-28(20)21(29)15-7-9-16(10-8-15)22(30)32-2/h3-10,13-14,20H,11-12H2,1-2H3,(H,26,31)/t20-,24+/m0/s1. The minimum atomic E-state index is -0.888. The predicted octanol–water partition coefficient (Wildman–Crippen LogP) is 2.68. The monoisotopic (exact) mass is 430 g/mol. The summed E-state index contributed by atoms with van der Waals surface area (Å²) in [5, 5.41) is 7.31. The van der Waals surface area contributed by atoms with Gasteiger partial charge in [-0.2, -0.15) is 5.10 Å². The van der Waals surface area contributed by atoms with Crippen LogP contribution in [0.25, 0.3) is 0 Å². The fourth-order valence-electron chi connectivity index (χ4n) is 4.98. The zero-order valence-corrected chi connectivity index (χ0v) is 17.7. The van der Waals surface area contributed by atoms with E-state index in [1.165, 1.54) is 7.11 Å². The second kappa shape index (κ2) is 7.33. The lowest BCUT2D eigenvalue weighted by Crippen LogP contribution is -2.42. The van der Waals surface area contributed by atoms with Crippen LogP contribution >= 0.6 is 0 Å². The number of nitrogens with one attached hydrogen (secondary N) is 1. The number of carbonyl (C=O) groups excluding carboxylic acids is 3. The number of anilines is 1. The topological polar surface area (TPSA) is 93.5 Å². The van der Waals surface area contributed by atoms with Crippen LogP contribution in [0.4, 0.5) is 5.69 Å². The maximum absolute atomic E-state index is 13.6. The summed E-state index contributed by atoms with van der Waals surface area (Å²) >= 11 is 0. The van der Waals surface area contributed by atoms with Crippen LogP contribution < -0.4 is 5.32 Å². The molecule has 2 aliphatic heterocycles. The van der Waals surface area contributed by atoms with E-state index in [-0.39, 0.29) is 11.8 Å². The van der Waals surface area contributed by atoms with Crippen LogP contribution in [0.1, 0.15) is 44.3 Å². The van der Waals surface area contributed by atoms with Gasteiger partial charge in [0.1, 0.15) is 5.41 Å². The zero-order chi connectivity index (χ0) is 22.5. The highest BCUT2D eigenvalue weighted by Gasteiger charge is 2.59. The van der Waals surface area contributed by atoms with Gasteiger partial charge >= 0.3 is 5.97 Å². The van der Waals surface area contributed by atoms with E-state index in [4.69, 9.17) is 4.74 Å². The Balaban J connectivity index is 1.58. The van der Waals surface area contributed by atoms with Gasteiger partial charge in [-0.1, -0.05) is 18.2 Å². The third-order valence-corrected chi connectivity index (χ3v) is 6.44. The van der Waals surface area contributed by atoms with Crippen LogP contribution in [0.15, 0.2) is 60.9 Å². The van der Waals surface area contributed by atoms with Gasteiger partial charge in [0.2, 0.25) is 5.91 Å². The van der Waals surface area contributed by atoms with Crippen molar-refractivity contribution >= 4 is 23.5 Å². The van der Waals surface area contributed by atoms with Crippen molar-refractivity contribution in [1.29, 1.82) is 0 Å². The van der Waals surface area contributed by atoms with Gasteiger partial charge in [-0.25, -0.2) is 4.79 Å². The smallest absolute Gasteiger partial charge is 0.337 e. The molecule has 0 aliphatic carbocycles. The molecule has 1 aromatic heterocycles. The summed E-state index contributed by atoms with van der Waals surface area (Å²) < 4.78 is 6.41. The number of aryl methyl sites for hydroxylation is 1. The Bertz CT molecular complexity index is 1230. The molecule has 1 saturated heterocycles. The molecular weight excluding hydrogens is 408 g/mol. The van der Waals surface area contributed by atoms with Crippen LogP contribution in [-0.2, 0) is 22.0 Å². The number of benzene rings is 2. The molecule has 162 valence electrons. The molecule has 0 radical (unpaired) electrons. The van der Waals surface area contributed by atoms with Crippen molar-refractivity contribution in [2.75, 3.05) is 19.0 Å². The number of rotatable bonds is 3. The molecule has 5 rings (SSSR count). The maximum atomic E-state index is 13.6. The van der Waals surface area contributed by atoms with Gasteiger partial charge in [-0.05, 0) is 42.3 Å². The average molecular weight is 430 g/mol. The highest BCUT2D eigenvalue weighted by atomic mass is 16.5. The minimum absolute atomic E-state index is 0.108. The van der Waals surface area contributed by atoms with Crippen LogP contribution in [0, 0.1) is 0 Å². The number of carbonyl (C=O) groups is 3. The number of nitrogens with zero attached hydrogens (tertiary/aromatic N) is 3. The number of hydrogen-bond donors (Lipinski definition) is 1. The Morgan fingerprint density at radius 2 is 1.84 bits per heavy atom. The number of amides is 2. The molecular formula is C24H22N4O4. The van der Waals surface area contributed by atoms with Gasteiger partial charge in [-0.15, -0.1) is 0 Å². The van der Waals surface area contributed by atoms with E-state index in [0.717, 1.165) is 16.8 Å². The van der Waals surface area contributed by atoms with Crippen LogP contribution in [0.2, 0.25) is 0 Å². The molecule has 2 aliphatic rings. The third-order valence-electron chi connectivity index (χ3n) is 6.44. The van der Waals surface area contributed by atoms with E-state index in [1.807, 2.05) is 37.5 Å². The molecule has 0 bridgehead atoms. The number of aromatic nitrogens is 2. The SMILES string of the molecule is COC(=O)c1ccc(C(=O)N2CC[C@]3(C(=O)Nc4ccccc43)[C@@H]2c2cnn(C)c2)cc1. The molecule has 2 aromatic carbocycles. The minimum Gasteiger partial charge on any atom is -0.465 e. The number of methoxy groups -OCH3 is 1. The molecule has 0 saturated carbocycles. The van der Waals surface area contributed by atoms with Crippen molar-refractivity contribution in [2.24, 2.45) is 7.05 Å². The molecule has 8 nitrogen and oxygen atoms in total. The summed E-state index contributed by atoms with van der Waals surface area (Å²) in [6.07, 6.45) is 4.07. The van der Waals surface area contributed by atoms with E-state index in [0.29, 0.717) is 24.1 Å². The largest absolute Gasteiger partial charge is 0.465 e. The van der Waals surface area contributed by atoms with Crippen molar-refractivity contribution in [3.05, 3.63) is 83.2 Å². The van der Waals surface area contributed by atoms with Gasteiger partial charge in [-0.3, -0.25) is 14.3 Å². The van der Waals surface area contributed by atoms with Crippen molar-refractivity contribution in [2.45, 2.75) is 17.9 Å². The zero-order valence-electron chi connectivity index (χ0n) is 17.7. The van der Waals surface area contributed by atoms with Gasteiger partial charge in [0.05, 0.1) is 24.9 Å². The molecule has 0 unspecified atom stereocenters. The first-order chi connectivity index (χ1) is 15.5. The van der Waals surface area contributed by atoms with Crippen LogP contribution in [-0.4, -0.2) is 46.1 Å². The maximum Gasteiger partial charge on any atom is 0.337 e. The van der Waals surface area contributed by atoms with E-state index in [9.17, 15) is 14.4 Å². The highest BCUT2D eigenvalue weighted by Crippen LogP contribution is 2.54. The Kier molecular flexibility index (Phi) is 4.58. The fourth-order valence-corrected chi connectivity index (χ4v) is 4.98. The molecule has 2 atom stereocenters. The first kappa shape index (κ1) is 20.0. The Morgan fingerprint density at radius 1 is 1.12 bits per heavy atom. The Labute approximate surface area is 184 Å². The van der Waals surface area contributed by atoms with Crippen molar-refractivity contribution in [1.82, 2.24) is 14.7 Å². The molecule has 1 N–H and O–H groups in total. The normalized spacial score (nSPS) is 21.5. The summed E-state index contributed by atoms with van der Waals surface area (Å²) in [5.74, 6) is -0.773. The second-order valence-corrected chi connectivity index (χ2v) is 8.14. The van der Waals surface area contributed by atoms with E-state index in [1.54, 1.807) is 40.0 Å². The lowest BCUT2D eigenvalue weighted by Gasteiger charge is -2.33. The molecule has 32 heavy (non-hydrogen) atoms. The number of hydrogen-bond acceptors (Lipinski definition) is 5. The fraction of sp³-hybridized carbons (Fsp3) is 0.250. The van der Waals surface area contributed by atoms with Gasteiger partial charge in [0.25, 0.3) is 5.91 Å².